The Morgan fingerprint density at radius 2 is 1.81 bits per heavy atom. The molecule has 1 aromatic carbocycles. The van der Waals surface area contributed by atoms with Crippen LogP contribution in [0.15, 0.2) is 12.1 Å². The number of carbonyl (C=O) groups excluding carboxylic acids is 2. The van der Waals surface area contributed by atoms with Crippen molar-refractivity contribution in [3.05, 3.63) is 28.3 Å². The molecule has 3 atom stereocenters. The Hall–Kier alpha value is -1.75. The molecule has 2 saturated heterocycles. The monoisotopic (exact) mass is 392 g/mol. The number of benzene rings is 1. The van der Waals surface area contributed by atoms with Gasteiger partial charge in [0, 0.05) is 24.0 Å². The lowest BCUT2D eigenvalue weighted by atomic mass is 9.97. The lowest BCUT2D eigenvalue weighted by Gasteiger charge is -2.36. The average Bonchev–Trinajstić information content (AvgIpc) is 3.22. The number of hydrogen-bond donors (Lipinski definition) is 0. The summed E-state index contributed by atoms with van der Waals surface area (Å²) >= 11 is 6.23. The summed E-state index contributed by atoms with van der Waals surface area (Å²) in [6, 6.07) is 3.67. The first-order chi connectivity index (χ1) is 12.7. The van der Waals surface area contributed by atoms with Crippen LogP contribution in [0.1, 0.15) is 49.5 Å². The van der Waals surface area contributed by atoms with Crippen LogP contribution in [0.5, 0.6) is 5.75 Å². The van der Waals surface area contributed by atoms with Crippen LogP contribution in [0.3, 0.4) is 0 Å². The van der Waals surface area contributed by atoms with E-state index in [1.165, 1.54) is 0 Å². The number of hydrogen-bond acceptors (Lipinski definition) is 3. The SMILES string of the molecule is COc1ccc(Cl)c(C)c1C(=O)N1C[C@@H]2C[C@H]1CN2C(=O)C(C)CC(C)C. The van der Waals surface area contributed by atoms with Crippen molar-refractivity contribution < 1.29 is 14.3 Å². The molecule has 1 unspecified atom stereocenters. The molecule has 5 nitrogen and oxygen atoms in total. The Labute approximate surface area is 166 Å². The third-order valence-electron chi connectivity index (χ3n) is 5.83. The summed E-state index contributed by atoms with van der Waals surface area (Å²) in [5.74, 6) is 1.24. The highest BCUT2D eigenvalue weighted by Gasteiger charge is 2.48. The first-order valence-corrected chi connectivity index (χ1v) is 10.1. The number of carbonyl (C=O) groups is 2. The highest BCUT2D eigenvalue weighted by molar-refractivity contribution is 6.32. The van der Waals surface area contributed by atoms with Crippen LogP contribution in [-0.2, 0) is 4.79 Å². The number of ether oxygens (including phenoxy) is 1. The van der Waals surface area contributed by atoms with E-state index in [-0.39, 0.29) is 29.8 Å². The van der Waals surface area contributed by atoms with E-state index in [9.17, 15) is 9.59 Å². The number of likely N-dealkylation sites (tertiary alicyclic amines) is 2. The fraction of sp³-hybridized carbons (Fsp3) is 0.619. The summed E-state index contributed by atoms with van der Waals surface area (Å²) in [6.07, 6.45) is 1.75. The third-order valence-corrected chi connectivity index (χ3v) is 6.23. The van der Waals surface area contributed by atoms with Crippen molar-refractivity contribution >= 4 is 23.4 Å². The number of fused-ring (bicyclic) bond motifs is 2. The van der Waals surface area contributed by atoms with Crippen molar-refractivity contribution in [1.82, 2.24) is 9.80 Å². The Morgan fingerprint density at radius 3 is 2.37 bits per heavy atom. The molecule has 1 aromatic rings. The van der Waals surface area contributed by atoms with Gasteiger partial charge in [-0.05, 0) is 43.4 Å². The molecule has 0 aliphatic carbocycles. The number of amides is 2. The minimum absolute atomic E-state index is 0.0313. The lowest BCUT2D eigenvalue weighted by Crippen LogP contribution is -2.52. The van der Waals surface area contributed by atoms with E-state index < -0.39 is 0 Å². The van der Waals surface area contributed by atoms with Crippen LogP contribution in [0.2, 0.25) is 5.02 Å². The van der Waals surface area contributed by atoms with E-state index in [1.807, 2.05) is 23.6 Å². The molecule has 148 valence electrons. The molecule has 0 radical (unpaired) electrons. The molecule has 2 aliphatic rings. The summed E-state index contributed by atoms with van der Waals surface area (Å²) in [4.78, 5) is 29.9. The molecule has 0 spiro atoms. The molecule has 2 amide bonds. The van der Waals surface area contributed by atoms with Gasteiger partial charge in [-0.1, -0.05) is 32.4 Å². The maximum Gasteiger partial charge on any atom is 0.258 e. The molecule has 3 rings (SSSR count). The Kier molecular flexibility index (Phi) is 5.71. The maximum atomic E-state index is 13.2. The second kappa shape index (κ2) is 7.70. The van der Waals surface area contributed by atoms with Crippen LogP contribution in [-0.4, -0.2) is 53.9 Å². The Balaban J connectivity index is 1.74. The number of halogens is 1. The largest absolute Gasteiger partial charge is 0.496 e. The minimum Gasteiger partial charge on any atom is -0.496 e. The van der Waals surface area contributed by atoms with Gasteiger partial charge in [-0.25, -0.2) is 0 Å². The molecular weight excluding hydrogens is 364 g/mol. The van der Waals surface area contributed by atoms with Crippen LogP contribution in [0, 0.1) is 18.8 Å². The van der Waals surface area contributed by atoms with Gasteiger partial charge in [-0.15, -0.1) is 0 Å². The van der Waals surface area contributed by atoms with Crippen molar-refractivity contribution in [3.63, 3.8) is 0 Å². The maximum absolute atomic E-state index is 13.2. The summed E-state index contributed by atoms with van der Waals surface area (Å²) in [5, 5.41) is 0.558. The Morgan fingerprint density at radius 1 is 1.19 bits per heavy atom. The number of rotatable bonds is 5. The summed E-state index contributed by atoms with van der Waals surface area (Å²) < 4.78 is 5.40. The van der Waals surface area contributed by atoms with Crippen molar-refractivity contribution in [2.75, 3.05) is 20.2 Å². The lowest BCUT2D eigenvalue weighted by molar-refractivity contribution is -0.137. The highest BCUT2D eigenvalue weighted by atomic mass is 35.5. The van der Waals surface area contributed by atoms with Crippen LogP contribution < -0.4 is 4.74 Å². The molecule has 27 heavy (non-hydrogen) atoms. The second-order valence-corrected chi connectivity index (χ2v) is 8.68. The summed E-state index contributed by atoms with van der Waals surface area (Å²) in [7, 11) is 1.56. The quantitative estimate of drug-likeness (QED) is 0.766. The van der Waals surface area contributed by atoms with Gasteiger partial charge in [0.05, 0.1) is 24.8 Å². The molecule has 0 saturated carbocycles. The third kappa shape index (κ3) is 3.66. The van der Waals surface area contributed by atoms with E-state index in [2.05, 4.69) is 13.8 Å². The molecule has 0 aromatic heterocycles. The fourth-order valence-corrected chi connectivity index (χ4v) is 4.68. The van der Waals surface area contributed by atoms with Crippen molar-refractivity contribution in [1.29, 1.82) is 0 Å². The number of nitrogens with zero attached hydrogens (tertiary/aromatic N) is 2. The molecular formula is C21H29ClN2O3. The second-order valence-electron chi connectivity index (χ2n) is 8.27. The van der Waals surface area contributed by atoms with Crippen molar-refractivity contribution in [3.8, 4) is 5.75 Å². The fourth-order valence-electron chi connectivity index (χ4n) is 4.52. The average molecular weight is 393 g/mol. The number of methoxy groups -OCH3 is 1. The van der Waals surface area contributed by atoms with Gasteiger partial charge in [0.25, 0.3) is 5.91 Å². The Bertz CT molecular complexity index is 749. The van der Waals surface area contributed by atoms with Crippen LogP contribution >= 0.6 is 11.6 Å². The smallest absolute Gasteiger partial charge is 0.258 e. The van der Waals surface area contributed by atoms with Gasteiger partial charge >= 0.3 is 0 Å². The zero-order valence-electron chi connectivity index (χ0n) is 16.8. The van der Waals surface area contributed by atoms with Gasteiger partial charge in [0.2, 0.25) is 5.91 Å². The van der Waals surface area contributed by atoms with Gasteiger partial charge < -0.3 is 14.5 Å². The van der Waals surface area contributed by atoms with E-state index in [4.69, 9.17) is 16.3 Å². The predicted octanol–water partition coefficient (Wildman–Crippen LogP) is 3.76. The molecule has 2 bridgehead atoms. The van der Waals surface area contributed by atoms with E-state index in [0.29, 0.717) is 35.3 Å². The zero-order valence-corrected chi connectivity index (χ0v) is 17.5. The molecule has 2 aliphatic heterocycles. The molecule has 2 fully saturated rings. The number of piperazine rings is 1. The minimum atomic E-state index is -0.0540. The van der Waals surface area contributed by atoms with Crippen LogP contribution in [0.4, 0.5) is 0 Å². The predicted molar refractivity (Wildman–Crippen MR) is 106 cm³/mol. The summed E-state index contributed by atoms with van der Waals surface area (Å²) in [5.41, 5.74) is 1.27. The zero-order chi connectivity index (χ0) is 19.9. The van der Waals surface area contributed by atoms with Gasteiger partial charge in [0.15, 0.2) is 0 Å². The van der Waals surface area contributed by atoms with Crippen molar-refractivity contribution in [2.45, 2.75) is 52.6 Å². The highest BCUT2D eigenvalue weighted by Crippen LogP contribution is 2.36. The normalized spacial score (nSPS) is 22.5. The first kappa shape index (κ1) is 20.0. The van der Waals surface area contributed by atoms with Crippen molar-refractivity contribution in [2.24, 2.45) is 11.8 Å². The standard InChI is InChI=1S/C21H29ClN2O3/c1-12(2)8-13(3)20(25)23-10-16-9-15(23)11-24(16)21(26)19-14(4)17(22)6-7-18(19)27-5/h6-7,12-13,15-16H,8-11H2,1-5H3/t13?,15-,16-/m0/s1. The van der Waals surface area contributed by atoms with E-state index in [0.717, 1.165) is 18.4 Å². The van der Waals surface area contributed by atoms with E-state index >= 15 is 0 Å². The van der Waals surface area contributed by atoms with Gasteiger partial charge in [0.1, 0.15) is 5.75 Å². The van der Waals surface area contributed by atoms with Gasteiger partial charge in [-0.2, -0.15) is 0 Å². The topological polar surface area (TPSA) is 49.9 Å². The summed E-state index contributed by atoms with van der Waals surface area (Å²) in [6.45, 7) is 9.34. The van der Waals surface area contributed by atoms with Gasteiger partial charge in [-0.3, -0.25) is 9.59 Å². The molecule has 2 heterocycles. The first-order valence-electron chi connectivity index (χ1n) is 9.69. The molecule has 0 N–H and O–H groups in total. The molecule has 6 heteroatoms. The van der Waals surface area contributed by atoms with Crippen LogP contribution in [0.25, 0.3) is 0 Å². The van der Waals surface area contributed by atoms with E-state index in [1.54, 1.807) is 19.2 Å².